The van der Waals surface area contributed by atoms with E-state index in [9.17, 15) is 4.79 Å². The highest BCUT2D eigenvalue weighted by Crippen LogP contribution is 2.36. The van der Waals surface area contributed by atoms with Gasteiger partial charge in [-0.3, -0.25) is 4.79 Å². The molecule has 1 aliphatic rings. The van der Waals surface area contributed by atoms with Crippen LogP contribution < -0.4 is 11.0 Å². The van der Waals surface area contributed by atoms with Crippen molar-refractivity contribution < 1.29 is 9.31 Å². The molecule has 0 spiro atoms. The summed E-state index contributed by atoms with van der Waals surface area (Å²) < 4.78 is 11.6. The van der Waals surface area contributed by atoms with E-state index in [1.54, 1.807) is 6.20 Å². The van der Waals surface area contributed by atoms with Gasteiger partial charge in [-0.15, -0.1) is 0 Å². The van der Waals surface area contributed by atoms with Crippen LogP contribution in [0.25, 0.3) is 0 Å². The Balaban J connectivity index is 2.30. The van der Waals surface area contributed by atoms with Gasteiger partial charge in [-0.1, -0.05) is 0 Å². The average molecular weight is 222 g/mol. The van der Waals surface area contributed by atoms with Gasteiger partial charge in [0.15, 0.2) is 0 Å². The second-order valence-electron chi connectivity index (χ2n) is 4.97. The Hall–Kier alpha value is -1.14. The van der Waals surface area contributed by atoms with Gasteiger partial charge in [0.1, 0.15) is 0 Å². The number of rotatable bonds is 1. The van der Waals surface area contributed by atoms with Crippen molar-refractivity contribution >= 4 is 12.6 Å². The standard InChI is InChI=1S/C10H15BN2O3/c1-9(2)10(3,4)16-11(15-9)7-5-8(14)13-12-6-7/h5-6H,1-4H3,(H,13,14). The molecule has 0 atom stereocenters. The van der Waals surface area contributed by atoms with Crippen LogP contribution in [0.5, 0.6) is 0 Å². The third kappa shape index (κ3) is 1.78. The normalized spacial score (nSPS) is 22.4. The van der Waals surface area contributed by atoms with E-state index in [1.807, 2.05) is 27.7 Å². The zero-order valence-electron chi connectivity index (χ0n) is 9.90. The van der Waals surface area contributed by atoms with E-state index in [2.05, 4.69) is 10.2 Å². The minimum Gasteiger partial charge on any atom is -0.399 e. The average Bonchev–Trinajstić information content (AvgIpc) is 2.36. The molecule has 0 aromatic carbocycles. The Bertz CT molecular complexity index is 439. The van der Waals surface area contributed by atoms with Crippen LogP contribution in [0.1, 0.15) is 27.7 Å². The summed E-state index contributed by atoms with van der Waals surface area (Å²) in [6.45, 7) is 7.86. The van der Waals surface area contributed by atoms with Crippen LogP contribution in [-0.2, 0) is 9.31 Å². The Kier molecular flexibility index (Phi) is 2.43. The van der Waals surface area contributed by atoms with Crippen molar-refractivity contribution in [1.82, 2.24) is 10.2 Å². The molecule has 16 heavy (non-hydrogen) atoms. The fourth-order valence-electron chi connectivity index (χ4n) is 1.50. The molecule has 2 rings (SSSR count). The molecule has 0 unspecified atom stereocenters. The Morgan fingerprint density at radius 2 is 1.81 bits per heavy atom. The number of hydrogen-bond donors (Lipinski definition) is 1. The molecule has 1 N–H and O–H groups in total. The lowest BCUT2D eigenvalue weighted by Gasteiger charge is -2.32. The van der Waals surface area contributed by atoms with E-state index in [4.69, 9.17) is 9.31 Å². The maximum atomic E-state index is 11.1. The Morgan fingerprint density at radius 3 is 2.31 bits per heavy atom. The zero-order chi connectivity index (χ0) is 12.0. The quantitative estimate of drug-likeness (QED) is 0.683. The monoisotopic (exact) mass is 222 g/mol. The van der Waals surface area contributed by atoms with Gasteiger partial charge in [0, 0.05) is 17.7 Å². The maximum absolute atomic E-state index is 11.1. The summed E-state index contributed by atoms with van der Waals surface area (Å²) >= 11 is 0. The van der Waals surface area contributed by atoms with Crippen molar-refractivity contribution in [3.63, 3.8) is 0 Å². The molecule has 0 saturated carbocycles. The molecule has 6 heteroatoms. The van der Waals surface area contributed by atoms with Gasteiger partial charge in [0.2, 0.25) is 0 Å². The van der Waals surface area contributed by atoms with E-state index in [1.165, 1.54) is 6.07 Å². The van der Waals surface area contributed by atoms with Crippen LogP contribution >= 0.6 is 0 Å². The first-order valence-corrected chi connectivity index (χ1v) is 5.22. The molecule has 2 heterocycles. The van der Waals surface area contributed by atoms with Crippen molar-refractivity contribution in [1.29, 1.82) is 0 Å². The second kappa shape index (κ2) is 3.43. The van der Waals surface area contributed by atoms with Gasteiger partial charge in [0.05, 0.1) is 11.2 Å². The van der Waals surface area contributed by atoms with Crippen molar-refractivity contribution in [3.8, 4) is 0 Å². The zero-order valence-corrected chi connectivity index (χ0v) is 9.90. The molecule has 1 aliphatic heterocycles. The summed E-state index contributed by atoms with van der Waals surface area (Å²) in [7, 11) is -0.528. The van der Waals surface area contributed by atoms with Crippen molar-refractivity contribution in [3.05, 3.63) is 22.6 Å². The minimum absolute atomic E-state index is 0.257. The topological polar surface area (TPSA) is 64.2 Å². The molecule has 0 aliphatic carbocycles. The van der Waals surface area contributed by atoms with Gasteiger partial charge in [-0.25, -0.2) is 5.10 Å². The number of nitrogens with zero attached hydrogens (tertiary/aromatic N) is 1. The van der Waals surface area contributed by atoms with Gasteiger partial charge >= 0.3 is 7.12 Å². The molecule has 1 aromatic heterocycles. The third-order valence-corrected chi connectivity index (χ3v) is 3.21. The van der Waals surface area contributed by atoms with E-state index in [0.717, 1.165) is 0 Å². The minimum atomic E-state index is -0.528. The Morgan fingerprint density at radius 1 is 1.25 bits per heavy atom. The number of nitrogens with one attached hydrogen (secondary N) is 1. The van der Waals surface area contributed by atoms with Gasteiger partial charge < -0.3 is 9.31 Å². The van der Waals surface area contributed by atoms with Crippen LogP contribution in [0, 0.1) is 0 Å². The fourth-order valence-corrected chi connectivity index (χ4v) is 1.50. The largest absolute Gasteiger partial charge is 0.496 e. The van der Waals surface area contributed by atoms with Crippen molar-refractivity contribution in [2.45, 2.75) is 38.9 Å². The summed E-state index contributed by atoms with van der Waals surface area (Å²) in [5, 5.41) is 6.05. The predicted octanol–water partition coefficient (Wildman–Crippen LogP) is 0.0691. The molecule has 1 fully saturated rings. The molecule has 0 bridgehead atoms. The van der Waals surface area contributed by atoms with Gasteiger partial charge in [-0.2, -0.15) is 5.10 Å². The summed E-state index contributed by atoms with van der Waals surface area (Å²) in [5.41, 5.74) is -0.421. The molecule has 1 saturated heterocycles. The lowest BCUT2D eigenvalue weighted by molar-refractivity contribution is 0.00578. The smallest absolute Gasteiger partial charge is 0.399 e. The molecular weight excluding hydrogens is 207 g/mol. The number of hydrogen-bond acceptors (Lipinski definition) is 4. The van der Waals surface area contributed by atoms with Crippen LogP contribution in [0.15, 0.2) is 17.1 Å². The van der Waals surface area contributed by atoms with Crippen molar-refractivity contribution in [2.24, 2.45) is 0 Å². The SMILES string of the molecule is CC1(C)OB(c2cn[nH]c(=O)c2)OC1(C)C. The first-order chi connectivity index (χ1) is 7.32. The number of aromatic nitrogens is 2. The highest BCUT2D eigenvalue weighted by atomic mass is 16.7. The first kappa shape index (κ1) is 11.4. The lowest BCUT2D eigenvalue weighted by Crippen LogP contribution is -2.41. The van der Waals surface area contributed by atoms with E-state index in [-0.39, 0.29) is 5.56 Å². The highest BCUT2D eigenvalue weighted by molar-refractivity contribution is 6.61. The van der Waals surface area contributed by atoms with Gasteiger partial charge in [0.25, 0.3) is 5.56 Å². The van der Waals surface area contributed by atoms with Crippen LogP contribution in [0.4, 0.5) is 0 Å². The summed E-state index contributed by atoms with van der Waals surface area (Å²) in [6.07, 6.45) is 1.55. The summed E-state index contributed by atoms with van der Waals surface area (Å²) in [4.78, 5) is 11.1. The van der Waals surface area contributed by atoms with Crippen LogP contribution in [0.2, 0.25) is 0 Å². The molecule has 5 nitrogen and oxygen atoms in total. The van der Waals surface area contributed by atoms with E-state index < -0.39 is 18.3 Å². The number of aromatic amines is 1. The van der Waals surface area contributed by atoms with E-state index in [0.29, 0.717) is 5.46 Å². The highest BCUT2D eigenvalue weighted by Gasteiger charge is 2.51. The predicted molar refractivity (Wildman–Crippen MR) is 60.6 cm³/mol. The molecule has 0 radical (unpaired) electrons. The summed E-state index contributed by atoms with van der Waals surface area (Å²) in [6, 6.07) is 1.44. The first-order valence-electron chi connectivity index (χ1n) is 5.22. The fraction of sp³-hybridized carbons (Fsp3) is 0.600. The lowest BCUT2D eigenvalue weighted by atomic mass is 9.81. The molecular formula is C10H15BN2O3. The maximum Gasteiger partial charge on any atom is 0.496 e. The second-order valence-corrected chi connectivity index (χ2v) is 4.97. The summed E-state index contributed by atoms with van der Waals surface area (Å²) in [5.74, 6) is 0. The van der Waals surface area contributed by atoms with Gasteiger partial charge in [-0.05, 0) is 27.7 Å². The molecule has 0 amide bonds. The van der Waals surface area contributed by atoms with E-state index >= 15 is 0 Å². The van der Waals surface area contributed by atoms with Crippen LogP contribution in [0.3, 0.4) is 0 Å². The Labute approximate surface area is 94.3 Å². The third-order valence-electron chi connectivity index (χ3n) is 3.21. The van der Waals surface area contributed by atoms with Crippen molar-refractivity contribution in [2.75, 3.05) is 0 Å². The van der Waals surface area contributed by atoms with Crippen LogP contribution in [-0.4, -0.2) is 28.5 Å². The molecule has 1 aromatic rings. The number of H-pyrrole nitrogens is 1. The molecule has 86 valence electrons.